The van der Waals surface area contributed by atoms with Gasteiger partial charge in [0.15, 0.2) is 18.9 Å². The summed E-state index contributed by atoms with van der Waals surface area (Å²) in [4.78, 5) is 0.994. The fraction of sp³-hybridized carbons (Fsp3) is 0.347. The predicted octanol–water partition coefficient (Wildman–Crippen LogP) is 8.03. The van der Waals surface area contributed by atoms with Gasteiger partial charge in [-0.1, -0.05) is 157 Å². The lowest BCUT2D eigenvalue weighted by molar-refractivity contribution is -0.397. The van der Waals surface area contributed by atoms with Crippen molar-refractivity contribution >= 4 is 11.8 Å². The Morgan fingerprint density at radius 2 is 1.00 bits per heavy atom. The SMILES string of the molecule is C#CCO[C@H]1[C@@H](O[C@@H]2O[C@@H]3COC(c4ccccc4)O[C@H]3[C@H](OCc3ccccc3)[C@@H]2OCc2ccccc2)[C@@H]2OC(c3ccccc3)OC[C@H]2O[C@@H]1Sc1ccccc1. The number of hydrogen-bond acceptors (Lipinski definition) is 11. The number of terminal acetylenes is 1. The van der Waals surface area contributed by atoms with Crippen molar-refractivity contribution in [1.29, 1.82) is 0 Å². The molecular weight excluding hydrogens is 781 g/mol. The fourth-order valence-electron chi connectivity index (χ4n) is 8.02. The molecule has 12 atom stereocenters. The average Bonchev–Trinajstić information content (AvgIpc) is 3.31. The lowest BCUT2D eigenvalue weighted by Gasteiger charge is -2.52. The van der Waals surface area contributed by atoms with E-state index in [1.807, 2.05) is 152 Å². The molecule has 4 fully saturated rings. The van der Waals surface area contributed by atoms with Crippen LogP contribution in [0.2, 0.25) is 0 Å². The van der Waals surface area contributed by atoms with Crippen LogP contribution in [0.1, 0.15) is 34.8 Å². The Hall–Kier alpha value is -4.39. The summed E-state index contributed by atoms with van der Waals surface area (Å²) in [6, 6.07) is 49.8. The normalized spacial score (nSPS) is 31.3. The first-order valence-electron chi connectivity index (χ1n) is 20.4. The lowest BCUT2D eigenvalue weighted by atomic mass is 9.95. The van der Waals surface area contributed by atoms with Crippen molar-refractivity contribution in [2.75, 3.05) is 19.8 Å². The molecule has 0 aromatic heterocycles. The molecule has 0 spiro atoms. The molecule has 5 aromatic rings. The number of rotatable bonds is 14. The van der Waals surface area contributed by atoms with Crippen molar-refractivity contribution in [2.24, 2.45) is 0 Å². The molecule has 4 aliphatic heterocycles. The van der Waals surface area contributed by atoms with Crippen LogP contribution >= 0.6 is 11.8 Å². The van der Waals surface area contributed by atoms with E-state index in [0.29, 0.717) is 6.61 Å². The number of hydrogen-bond donors (Lipinski definition) is 0. The molecule has 4 aliphatic rings. The van der Waals surface area contributed by atoms with Gasteiger partial charge in [-0.05, 0) is 23.3 Å². The Bertz CT molecular complexity index is 2090. The lowest BCUT2D eigenvalue weighted by Crippen LogP contribution is -2.67. The molecule has 10 nitrogen and oxygen atoms in total. The second-order valence-electron chi connectivity index (χ2n) is 15.0. The Balaban J connectivity index is 1.08. The van der Waals surface area contributed by atoms with Gasteiger partial charge in [-0.15, -0.1) is 6.42 Å². The quantitative estimate of drug-likeness (QED) is 0.102. The topological polar surface area (TPSA) is 92.3 Å². The van der Waals surface area contributed by atoms with Crippen molar-refractivity contribution in [3.8, 4) is 12.3 Å². The Labute approximate surface area is 355 Å². The van der Waals surface area contributed by atoms with E-state index >= 15 is 0 Å². The highest BCUT2D eigenvalue weighted by atomic mass is 32.2. The molecule has 4 saturated heterocycles. The predicted molar refractivity (Wildman–Crippen MR) is 223 cm³/mol. The molecule has 9 rings (SSSR count). The molecule has 0 saturated carbocycles. The van der Waals surface area contributed by atoms with Crippen molar-refractivity contribution in [3.63, 3.8) is 0 Å². The van der Waals surface area contributed by atoms with Gasteiger partial charge in [0.1, 0.15) is 60.9 Å². The van der Waals surface area contributed by atoms with Crippen molar-refractivity contribution in [1.82, 2.24) is 0 Å². The Morgan fingerprint density at radius 3 is 1.55 bits per heavy atom. The molecule has 0 amide bonds. The van der Waals surface area contributed by atoms with E-state index in [1.165, 1.54) is 11.8 Å². The second kappa shape index (κ2) is 20.0. The van der Waals surface area contributed by atoms with E-state index in [1.54, 1.807) is 0 Å². The summed E-state index contributed by atoms with van der Waals surface area (Å²) in [6.45, 7) is 1.07. The smallest absolute Gasteiger partial charge is 0.187 e. The maximum Gasteiger partial charge on any atom is 0.187 e. The molecule has 310 valence electrons. The average molecular weight is 829 g/mol. The maximum absolute atomic E-state index is 7.30. The van der Waals surface area contributed by atoms with E-state index in [-0.39, 0.29) is 26.4 Å². The largest absolute Gasteiger partial charge is 0.368 e. The van der Waals surface area contributed by atoms with Gasteiger partial charge in [-0.3, -0.25) is 0 Å². The Kier molecular flexibility index (Phi) is 13.7. The molecule has 0 N–H and O–H groups in total. The first kappa shape index (κ1) is 41.0. The first-order chi connectivity index (χ1) is 29.7. The van der Waals surface area contributed by atoms with Gasteiger partial charge < -0.3 is 47.4 Å². The first-order valence-corrected chi connectivity index (χ1v) is 21.3. The summed E-state index contributed by atoms with van der Waals surface area (Å²) >= 11 is 1.53. The van der Waals surface area contributed by atoms with Gasteiger partial charge in [0.2, 0.25) is 0 Å². The van der Waals surface area contributed by atoms with E-state index in [4.69, 9.17) is 53.8 Å². The third kappa shape index (κ3) is 9.71. The van der Waals surface area contributed by atoms with E-state index in [0.717, 1.165) is 27.1 Å². The zero-order valence-corrected chi connectivity index (χ0v) is 33.8. The van der Waals surface area contributed by atoms with Gasteiger partial charge in [0, 0.05) is 16.0 Å². The highest BCUT2D eigenvalue weighted by Gasteiger charge is 2.57. The van der Waals surface area contributed by atoms with Gasteiger partial charge in [0.25, 0.3) is 0 Å². The Morgan fingerprint density at radius 1 is 0.517 bits per heavy atom. The van der Waals surface area contributed by atoms with Gasteiger partial charge in [-0.2, -0.15) is 0 Å². The third-order valence-electron chi connectivity index (χ3n) is 10.9. The zero-order valence-electron chi connectivity index (χ0n) is 33.0. The number of thioether (sulfide) groups is 1. The van der Waals surface area contributed by atoms with Gasteiger partial charge in [0.05, 0.1) is 26.4 Å². The summed E-state index contributed by atoms with van der Waals surface area (Å²) in [5.74, 6) is 2.65. The molecule has 11 heteroatoms. The van der Waals surface area contributed by atoms with Crippen molar-refractivity contribution in [3.05, 3.63) is 174 Å². The molecule has 4 heterocycles. The summed E-state index contributed by atoms with van der Waals surface area (Å²) in [7, 11) is 0. The highest BCUT2D eigenvalue weighted by Crippen LogP contribution is 2.44. The van der Waals surface area contributed by atoms with Crippen LogP contribution in [-0.4, -0.2) is 80.4 Å². The molecular formula is C49H48O10S. The standard InChI is InChI=1S/C49H48O10S/c1-2-28-50-45-43(41-39(56-49(45)60-37-26-16-7-17-27-37)32-54-47(58-41)36-24-14-6-15-25-36)59-48-44(52-30-34-20-10-4-11-21-34)42(51-29-33-18-8-3-9-19-33)40-38(55-48)31-53-46(57-40)35-22-12-5-13-23-35/h1,3-27,38-49H,28-32H2/t38-,39-,40-,41-,42+,43+,44+,45+,46?,47?,48+,49-/m1/s1. The number of fused-ring (bicyclic) bond motifs is 2. The number of ether oxygens (including phenoxy) is 10. The minimum Gasteiger partial charge on any atom is -0.368 e. The second-order valence-corrected chi connectivity index (χ2v) is 16.1. The molecule has 60 heavy (non-hydrogen) atoms. The monoisotopic (exact) mass is 828 g/mol. The third-order valence-corrected chi connectivity index (χ3v) is 12.1. The molecule has 2 unspecified atom stereocenters. The maximum atomic E-state index is 7.30. The highest BCUT2D eigenvalue weighted by molar-refractivity contribution is 7.99. The van der Waals surface area contributed by atoms with Crippen molar-refractivity contribution in [2.45, 2.75) is 91.2 Å². The minimum atomic E-state index is -0.999. The van der Waals surface area contributed by atoms with Gasteiger partial charge in [-0.25, -0.2) is 0 Å². The van der Waals surface area contributed by atoms with Crippen LogP contribution in [0, 0.1) is 12.3 Å². The molecule has 0 radical (unpaired) electrons. The molecule has 5 aromatic carbocycles. The zero-order chi connectivity index (χ0) is 40.5. The minimum absolute atomic E-state index is 0.0191. The van der Waals surface area contributed by atoms with Crippen LogP contribution in [0.5, 0.6) is 0 Å². The van der Waals surface area contributed by atoms with Crippen LogP contribution in [-0.2, 0) is 60.6 Å². The summed E-state index contributed by atoms with van der Waals surface area (Å²) in [5.41, 5.74) is 3.20. The fourth-order valence-corrected chi connectivity index (χ4v) is 9.17. The van der Waals surface area contributed by atoms with Crippen molar-refractivity contribution < 1.29 is 47.4 Å². The van der Waals surface area contributed by atoms with E-state index < -0.39 is 73.1 Å². The van der Waals surface area contributed by atoms with Crippen LogP contribution in [0.15, 0.2) is 157 Å². The van der Waals surface area contributed by atoms with Crippen LogP contribution in [0.25, 0.3) is 0 Å². The van der Waals surface area contributed by atoms with E-state index in [9.17, 15) is 0 Å². The number of benzene rings is 5. The summed E-state index contributed by atoms with van der Waals surface area (Å²) < 4.78 is 67.6. The van der Waals surface area contributed by atoms with E-state index in [2.05, 4.69) is 5.92 Å². The van der Waals surface area contributed by atoms with Crippen LogP contribution in [0.4, 0.5) is 0 Å². The van der Waals surface area contributed by atoms with Crippen LogP contribution < -0.4 is 0 Å². The molecule has 0 bridgehead atoms. The molecule has 0 aliphatic carbocycles. The van der Waals surface area contributed by atoms with Crippen LogP contribution in [0.3, 0.4) is 0 Å². The summed E-state index contributed by atoms with van der Waals surface area (Å²) in [6.07, 6.45) is -1.70. The summed E-state index contributed by atoms with van der Waals surface area (Å²) in [5, 5.41) is 0. The van der Waals surface area contributed by atoms with Gasteiger partial charge >= 0.3 is 0 Å².